The average molecular weight is 407 g/mol. The van der Waals surface area contributed by atoms with E-state index in [0.717, 1.165) is 31.6 Å². The Labute approximate surface area is 166 Å². The SMILES string of the molecule is CC(C)CN(c1ccc(F)cc1)S(=O)(=O)c1ccc(NC2CCNCC2)cn1. The van der Waals surface area contributed by atoms with Crippen LogP contribution in [0.3, 0.4) is 0 Å². The minimum Gasteiger partial charge on any atom is -0.381 e. The van der Waals surface area contributed by atoms with Crippen LogP contribution in [0.5, 0.6) is 0 Å². The molecule has 0 unspecified atom stereocenters. The van der Waals surface area contributed by atoms with Crippen molar-refractivity contribution in [3.05, 3.63) is 48.4 Å². The van der Waals surface area contributed by atoms with Crippen LogP contribution in [0.25, 0.3) is 0 Å². The van der Waals surface area contributed by atoms with Crippen molar-refractivity contribution >= 4 is 21.4 Å². The lowest BCUT2D eigenvalue weighted by atomic mass is 10.1. The smallest absolute Gasteiger partial charge is 0.281 e. The van der Waals surface area contributed by atoms with Crippen molar-refractivity contribution in [1.82, 2.24) is 10.3 Å². The molecule has 2 N–H and O–H groups in total. The highest BCUT2D eigenvalue weighted by Gasteiger charge is 2.27. The fourth-order valence-corrected chi connectivity index (χ4v) is 4.76. The summed E-state index contributed by atoms with van der Waals surface area (Å²) < 4.78 is 41.0. The third-order valence-corrected chi connectivity index (χ3v) is 6.36. The van der Waals surface area contributed by atoms with Crippen LogP contribution in [0.2, 0.25) is 0 Å². The molecule has 1 aliphatic heterocycles. The van der Waals surface area contributed by atoms with Crippen LogP contribution < -0.4 is 14.9 Å². The summed E-state index contributed by atoms with van der Waals surface area (Å²) in [6.45, 7) is 6.10. The number of hydrogen-bond acceptors (Lipinski definition) is 5. The molecule has 28 heavy (non-hydrogen) atoms. The normalized spacial score (nSPS) is 15.6. The van der Waals surface area contributed by atoms with Crippen molar-refractivity contribution in [2.24, 2.45) is 5.92 Å². The number of piperidine rings is 1. The lowest BCUT2D eigenvalue weighted by molar-refractivity contribution is 0.479. The number of halogens is 1. The predicted octanol–water partition coefficient (Wildman–Crippen LogP) is 3.24. The molecule has 2 aromatic rings. The zero-order valence-electron chi connectivity index (χ0n) is 16.2. The lowest BCUT2D eigenvalue weighted by Gasteiger charge is -2.26. The van der Waals surface area contributed by atoms with Crippen molar-refractivity contribution in [3.8, 4) is 0 Å². The molecule has 3 rings (SSSR count). The van der Waals surface area contributed by atoms with Gasteiger partial charge in [-0.05, 0) is 68.2 Å². The first kappa shape index (κ1) is 20.5. The van der Waals surface area contributed by atoms with Gasteiger partial charge in [0.25, 0.3) is 10.0 Å². The monoisotopic (exact) mass is 406 g/mol. The van der Waals surface area contributed by atoms with Gasteiger partial charge in [-0.25, -0.2) is 9.37 Å². The third-order valence-electron chi connectivity index (χ3n) is 4.65. The van der Waals surface area contributed by atoms with Crippen LogP contribution in [-0.4, -0.2) is 39.1 Å². The van der Waals surface area contributed by atoms with E-state index in [2.05, 4.69) is 15.6 Å². The first-order valence-electron chi connectivity index (χ1n) is 9.58. The van der Waals surface area contributed by atoms with Gasteiger partial charge in [0.1, 0.15) is 5.82 Å². The second-order valence-electron chi connectivity index (χ2n) is 7.46. The van der Waals surface area contributed by atoms with Gasteiger partial charge in [-0.2, -0.15) is 8.42 Å². The van der Waals surface area contributed by atoms with E-state index in [1.165, 1.54) is 34.6 Å². The van der Waals surface area contributed by atoms with Gasteiger partial charge in [-0.15, -0.1) is 0 Å². The number of sulfonamides is 1. The van der Waals surface area contributed by atoms with E-state index in [4.69, 9.17) is 0 Å². The zero-order valence-corrected chi connectivity index (χ0v) is 17.0. The molecular weight excluding hydrogens is 379 g/mol. The molecule has 1 fully saturated rings. The summed E-state index contributed by atoms with van der Waals surface area (Å²) in [4.78, 5) is 4.21. The van der Waals surface area contributed by atoms with E-state index in [1.54, 1.807) is 12.3 Å². The molecule has 8 heteroatoms. The standard InChI is InChI=1S/C20H27FN4O2S/c1-15(2)14-25(19-6-3-16(21)4-7-19)28(26,27)20-8-5-18(13-23-20)24-17-9-11-22-12-10-17/h3-8,13,15,17,22,24H,9-12,14H2,1-2H3. The minimum absolute atomic E-state index is 0.0201. The van der Waals surface area contributed by atoms with Crippen molar-refractivity contribution in [2.45, 2.75) is 37.8 Å². The molecule has 0 saturated carbocycles. The maximum absolute atomic E-state index is 13.3. The van der Waals surface area contributed by atoms with Gasteiger partial charge in [0.05, 0.1) is 17.6 Å². The summed E-state index contributed by atoms with van der Waals surface area (Å²) in [5.41, 5.74) is 1.23. The van der Waals surface area contributed by atoms with Crippen molar-refractivity contribution < 1.29 is 12.8 Å². The summed E-state index contributed by atoms with van der Waals surface area (Å²) in [6.07, 6.45) is 3.60. The van der Waals surface area contributed by atoms with E-state index < -0.39 is 15.8 Å². The van der Waals surface area contributed by atoms with Gasteiger partial charge in [-0.1, -0.05) is 13.8 Å². The number of rotatable bonds is 7. The van der Waals surface area contributed by atoms with Gasteiger partial charge < -0.3 is 10.6 Å². The van der Waals surface area contributed by atoms with Gasteiger partial charge in [0, 0.05) is 12.6 Å². The summed E-state index contributed by atoms with van der Waals surface area (Å²) in [5, 5.41) is 6.70. The average Bonchev–Trinajstić information content (AvgIpc) is 2.68. The van der Waals surface area contributed by atoms with E-state index in [1.807, 2.05) is 13.8 Å². The van der Waals surface area contributed by atoms with Crippen molar-refractivity contribution in [2.75, 3.05) is 29.3 Å². The van der Waals surface area contributed by atoms with E-state index >= 15 is 0 Å². The Morgan fingerprint density at radius 1 is 1.18 bits per heavy atom. The van der Waals surface area contributed by atoms with Crippen LogP contribution in [0, 0.1) is 11.7 Å². The van der Waals surface area contributed by atoms with Crippen LogP contribution in [0.1, 0.15) is 26.7 Å². The molecule has 1 saturated heterocycles. The highest BCUT2D eigenvalue weighted by Crippen LogP contribution is 2.25. The van der Waals surface area contributed by atoms with Crippen LogP contribution in [0.4, 0.5) is 15.8 Å². The summed E-state index contributed by atoms with van der Waals surface area (Å²) in [6, 6.07) is 9.11. The Morgan fingerprint density at radius 2 is 1.86 bits per heavy atom. The summed E-state index contributed by atoms with van der Waals surface area (Å²) in [5.74, 6) is -0.308. The number of benzene rings is 1. The molecule has 1 aromatic carbocycles. The van der Waals surface area contributed by atoms with Crippen LogP contribution in [-0.2, 0) is 10.0 Å². The maximum atomic E-state index is 13.3. The van der Waals surface area contributed by atoms with Gasteiger partial charge in [0.15, 0.2) is 5.03 Å². The Hall–Kier alpha value is -2.19. The maximum Gasteiger partial charge on any atom is 0.281 e. The molecule has 0 aliphatic carbocycles. The fraction of sp³-hybridized carbons (Fsp3) is 0.450. The van der Waals surface area contributed by atoms with E-state index in [9.17, 15) is 12.8 Å². The topological polar surface area (TPSA) is 74.3 Å². The van der Waals surface area contributed by atoms with Gasteiger partial charge in [-0.3, -0.25) is 4.31 Å². The molecule has 0 spiro atoms. The predicted molar refractivity (Wildman–Crippen MR) is 110 cm³/mol. The second kappa shape index (κ2) is 8.87. The van der Waals surface area contributed by atoms with E-state index in [-0.39, 0.29) is 17.5 Å². The number of nitrogens with zero attached hydrogens (tertiary/aromatic N) is 2. The number of aromatic nitrogens is 1. The van der Waals surface area contributed by atoms with Gasteiger partial charge >= 0.3 is 0 Å². The largest absolute Gasteiger partial charge is 0.381 e. The van der Waals surface area contributed by atoms with E-state index in [0.29, 0.717) is 11.7 Å². The lowest BCUT2D eigenvalue weighted by Crippen LogP contribution is -2.35. The zero-order chi connectivity index (χ0) is 20.1. The first-order valence-corrected chi connectivity index (χ1v) is 11.0. The van der Waals surface area contributed by atoms with Crippen molar-refractivity contribution in [1.29, 1.82) is 0 Å². The minimum atomic E-state index is -3.85. The molecular formula is C20H27FN4O2S. The van der Waals surface area contributed by atoms with Crippen LogP contribution in [0.15, 0.2) is 47.6 Å². The Bertz CT molecular complexity index is 864. The molecule has 0 atom stereocenters. The molecule has 0 bridgehead atoms. The quantitative estimate of drug-likeness (QED) is 0.738. The van der Waals surface area contributed by atoms with Crippen LogP contribution >= 0.6 is 0 Å². The highest BCUT2D eigenvalue weighted by atomic mass is 32.2. The number of hydrogen-bond donors (Lipinski definition) is 2. The van der Waals surface area contributed by atoms with Gasteiger partial charge in [0.2, 0.25) is 0 Å². The number of anilines is 2. The number of pyridine rings is 1. The molecule has 0 amide bonds. The molecule has 152 valence electrons. The Balaban J connectivity index is 1.82. The molecule has 6 nitrogen and oxygen atoms in total. The second-order valence-corrected chi connectivity index (χ2v) is 9.27. The fourth-order valence-electron chi connectivity index (χ4n) is 3.21. The third kappa shape index (κ3) is 4.99. The first-order chi connectivity index (χ1) is 13.4. The Kier molecular flexibility index (Phi) is 6.51. The van der Waals surface area contributed by atoms with Crippen molar-refractivity contribution in [3.63, 3.8) is 0 Å². The highest BCUT2D eigenvalue weighted by molar-refractivity contribution is 7.92. The molecule has 1 aliphatic rings. The summed E-state index contributed by atoms with van der Waals surface area (Å²) in [7, 11) is -3.85. The summed E-state index contributed by atoms with van der Waals surface area (Å²) >= 11 is 0. The molecule has 1 aromatic heterocycles. The molecule has 2 heterocycles. The number of nitrogens with one attached hydrogen (secondary N) is 2. The Morgan fingerprint density at radius 3 is 2.43 bits per heavy atom. The molecule has 0 radical (unpaired) electrons.